The Balaban J connectivity index is 2.19. The normalized spacial score (nSPS) is 12.8. The molecule has 0 amide bonds. The van der Waals surface area contributed by atoms with Gasteiger partial charge in [0.15, 0.2) is 0 Å². The molecule has 0 bridgehead atoms. The summed E-state index contributed by atoms with van der Waals surface area (Å²) in [5.41, 5.74) is 5.68. The van der Waals surface area contributed by atoms with Gasteiger partial charge in [0.1, 0.15) is 10.6 Å². The van der Waals surface area contributed by atoms with Gasteiger partial charge in [-0.3, -0.25) is 4.21 Å². The molecule has 98 valence electrons. The van der Waals surface area contributed by atoms with E-state index in [0.29, 0.717) is 18.1 Å². The van der Waals surface area contributed by atoms with Gasteiger partial charge in [0.05, 0.1) is 5.39 Å². The van der Waals surface area contributed by atoms with Gasteiger partial charge in [-0.15, -0.1) is 11.3 Å². The van der Waals surface area contributed by atoms with Gasteiger partial charge in [0.25, 0.3) is 0 Å². The minimum absolute atomic E-state index is 0.267. The van der Waals surface area contributed by atoms with E-state index in [9.17, 15) is 4.21 Å². The van der Waals surface area contributed by atoms with Gasteiger partial charge in [-0.25, -0.2) is 4.98 Å². The molecular weight excluding hydrogens is 268 g/mol. The topological polar surface area (TPSA) is 80.9 Å². The molecule has 0 radical (unpaired) electrons. The lowest BCUT2D eigenvalue weighted by Gasteiger charge is -2.06. The van der Waals surface area contributed by atoms with Crippen LogP contribution in [0.5, 0.6) is 0 Å². The summed E-state index contributed by atoms with van der Waals surface area (Å²) in [5, 5.41) is 4.17. The zero-order valence-corrected chi connectivity index (χ0v) is 12.0. The van der Waals surface area contributed by atoms with Crippen LogP contribution in [-0.4, -0.2) is 32.2 Å². The van der Waals surface area contributed by atoms with Crippen molar-refractivity contribution in [2.24, 2.45) is 0 Å². The standard InChI is InChI=1S/C11H16N4OS2/c1-3-18(16)5-4-13-9-8-6-7(2)17-10(8)15-11(12)14-9/h6H,3-5H2,1-2H3,(H3,12,13,14,15). The smallest absolute Gasteiger partial charge is 0.223 e. The first-order chi connectivity index (χ1) is 8.60. The van der Waals surface area contributed by atoms with Crippen molar-refractivity contribution in [3.63, 3.8) is 0 Å². The summed E-state index contributed by atoms with van der Waals surface area (Å²) in [7, 11) is -0.769. The minimum atomic E-state index is -0.769. The molecule has 1 atom stereocenters. The molecule has 2 aromatic rings. The highest BCUT2D eigenvalue weighted by atomic mass is 32.2. The van der Waals surface area contributed by atoms with Gasteiger partial charge in [-0.1, -0.05) is 6.92 Å². The first kappa shape index (κ1) is 13.2. The Bertz CT molecular complexity index is 582. The second-order valence-corrected chi connectivity index (χ2v) is 6.97. The maximum absolute atomic E-state index is 11.4. The number of hydrogen-bond acceptors (Lipinski definition) is 6. The largest absolute Gasteiger partial charge is 0.368 e. The van der Waals surface area contributed by atoms with E-state index in [1.165, 1.54) is 4.88 Å². The quantitative estimate of drug-likeness (QED) is 0.874. The van der Waals surface area contributed by atoms with Crippen LogP contribution in [0.25, 0.3) is 10.2 Å². The van der Waals surface area contributed by atoms with Crippen LogP contribution in [0, 0.1) is 6.92 Å². The van der Waals surface area contributed by atoms with Crippen molar-refractivity contribution in [2.45, 2.75) is 13.8 Å². The van der Waals surface area contributed by atoms with E-state index in [4.69, 9.17) is 5.73 Å². The first-order valence-corrected chi connectivity index (χ1v) is 8.03. The Kier molecular flexibility index (Phi) is 4.13. The second-order valence-electron chi connectivity index (χ2n) is 3.87. The number of aryl methyl sites for hydroxylation is 1. The van der Waals surface area contributed by atoms with Gasteiger partial charge in [-0.05, 0) is 13.0 Å². The third-order valence-electron chi connectivity index (χ3n) is 2.48. The summed E-state index contributed by atoms with van der Waals surface area (Å²) in [4.78, 5) is 10.5. The molecule has 1 unspecified atom stereocenters. The molecule has 3 N–H and O–H groups in total. The zero-order chi connectivity index (χ0) is 13.1. The van der Waals surface area contributed by atoms with E-state index >= 15 is 0 Å². The molecule has 2 rings (SSSR count). The highest BCUT2D eigenvalue weighted by Gasteiger charge is 2.09. The number of nitrogens with two attached hydrogens (primary N) is 1. The molecule has 0 spiro atoms. The summed E-state index contributed by atoms with van der Waals surface area (Å²) in [5.74, 6) is 2.30. The summed E-state index contributed by atoms with van der Waals surface area (Å²) < 4.78 is 11.4. The minimum Gasteiger partial charge on any atom is -0.368 e. The van der Waals surface area contributed by atoms with Crippen molar-refractivity contribution in [3.8, 4) is 0 Å². The molecule has 18 heavy (non-hydrogen) atoms. The molecule has 0 aromatic carbocycles. The molecule has 0 saturated carbocycles. The van der Waals surface area contributed by atoms with Crippen molar-refractivity contribution in [1.29, 1.82) is 0 Å². The summed E-state index contributed by atoms with van der Waals surface area (Å²) in [6, 6.07) is 2.04. The van der Waals surface area contributed by atoms with E-state index in [2.05, 4.69) is 15.3 Å². The molecule has 0 aliphatic carbocycles. The molecule has 0 fully saturated rings. The van der Waals surface area contributed by atoms with Crippen molar-refractivity contribution < 1.29 is 4.21 Å². The van der Waals surface area contributed by atoms with E-state index in [-0.39, 0.29) is 5.95 Å². The van der Waals surface area contributed by atoms with E-state index in [1.54, 1.807) is 11.3 Å². The summed E-state index contributed by atoms with van der Waals surface area (Å²) in [6.07, 6.45) is 0. The average Bonchev–Trinajstić information content (AvgIpc) is 2.69. The van der Waals surface area contributed by atoms with Crippen LogP contribution in [0.1, 0.15) is 11.8 Å². The van der Waals surface area contributed by atoms with Crippen LogP contribution in [0.2, 0.25) is 0 Å². The Hall–Kier alpha value is -1.21. The SMILES string of the molecule is CCS(=O)CCNc1nc(N)nc2sc(C)cc12. The number of anilines is 2. The molecule has 2 heterocycles. The van der Waals surface area contributed by atoms with Gasteiger partial charge in [0.2, 0.25) is 5.95 Å². The second kappa shape index (κ2) is 5.62. The maximum Gasteiger partial charge on any atom is 0.223 e. The van der Waals surface area contributed by atoms with Crippen LogP contribution in [0.15, 0.2) is 6.07 Å². The Morgan fingerprint density at radius 2 is 2.28 bits per heavy atom. The van der Waals surface area contributed by atoms with Gasteiger partial charge < -0.3 is 11.1 Å². The van der Waals surface area contributed by atoms with Crippen molar-refractivity contribution in [3.05, 3.63) is 10.9 Å². The Morgan fingerprint density at radius 3 is 3.00 bits per heavy atom. The Labute approximate surface area is 112 Å². The van der Waals surface area contributed by atoms with E-state index in [1.807, 2.05) is 19.9 Å². The fraction of sp³-hybridized carbons (Fsp3) is 0.455. The number of nitrogens with zero attached hydrogens (tertiary/aromatic N) is 2. The molecule has 2 aromatic heterocycles. The summed E-state index contributed by atoms with van der Waals surface area (Å²) >= 11 is 1.59. The number of nitrogens with one attached hydrogen (secondary N) is 1. The lowest BCUT2D eigenvalue weighted by molar-refractivity contribution is 0.684. The van der Waals surface area contributed by atoms with Crippen LogP contribution in [0.3, 0.4) is 0 Å². The molecule has 7 heteroatoms. The molecular formula is C11H16N4OS2. The highest BCUT2D eigenvalue weighted by molar-refractivity contribution is 7.84. The monoisotopic (exact) mass is 284 g/mol. The van der Waals surface area contributed by atoms with Crippen LogP contribution < -0.4 is 11.1 Å². The summed E-state index contributed by atoms with van der Waals surface area (Å²) in [6.45, 7) is 4.57. The number of fused-ring (bicyclic) bond motifs is 1. The number of thiophene rings is 1. The molecule has 5 nitrogen and oxygen atoms in total. The molecule has 0 aliphatic heterocycles. The fourth-order valence-electron chi connectivity index (χ4n) is 1.62. The van der Waals surface area contributed by atoms with Gasteiger partial charge in [0, 0.05) is 33.7 Å². The van der Waals surface area contributed by atoms with Crippen molar-refractivity contribution >= 4 is 44.1 Å². The van der Waals surface area contributed by atoms with Crippen molar-refractivity contribution in [2.75, 3.05) is 29.1 Å². The van der Waals surface area contributed by atoms with E-state index in [0.717, 1.165) is 16.0 Å². The fourth-order valence-corrected chi connectivity index (χ4v) is 3.13. The number of hydrogen-bond donors (Lipinski definition) is 2. The third-order valence-corrected chi connectivity index (χ3v) is 4.73. The average molecular weight is 284 g/mol. The lowest BCUT2D eigenvalue weighted by Crippen LogP contribution is -2.13. The maximum atomic E-state index is 11.4. The van der Waals surface area contributed by atoms with E-state index < -0.39 is 10.8 Å². The first-order valence-electron chi connectivity index (χ1n) is 5.72. The predicted molar refractivity (Wildman–Crippen MR) is 78.6 cm³/mol. The van der Waals surface area contributed by atoms with Gasteiger partial charge in [-0.2, -0.15) is 4.98 Å². The van der Waals surface area contributed by atoms with Crippen LogP contribution >= 0.6 is 11.3 Å². The number of nitrogen functional groups attached to an aromatic ring is 1. The Morgan fingerprint density at radius 1 is 1.50 bits per heavy atom. The van der Waals surface area contributed by atoms with Crippen LogP contribution in [0.4, 0.5) is 11.8 Å². The third kappa shape index (κ3) is 2.97. The zero-order valence-electron chi connectivity index (χ0n) is 10.4. The number of aromatic nitrogens is 2. The lowest BCUT2D eigenvalue weighted by atomic mass is 10.3. The van der Waals surface area contributed by atoms with Crippen LogP contribution in [-0.2, 0) is 10.8 Å². The highest BCUT2D eigenvalue weighted by Crippen LogP contribution is 2.28. The van der Waals surface area contributed by atoms with Gasteiger partial charge >= 0.3 is 0 Å². The molecule has 0 saturated heterocycles. The molecule has 0 aliphatic rings. The van der Waals surface area contributed by atoms with Crippen molar-refractivity contribution in [1.82, 2.24) is 9.97 Å². The predicted octanol–water partition coefficient (Wildman–Crippen LogP) is 1.76. The number of rotatable bonds is 5.